The molecule has 0 unspecified atom stereocenters. The summed E-state index contributed by atoms with van der Waals surface area (Å²) in [5.41, 5.74) is 7.06. The number of nitrogens with zero attached hydrogens (tertiary/aromatic N) is 2. The van der Waals surface area contributed by atoms with E-state index in [2.05, 4.69) is 5.10 Å². The number of hydrogen-bond donors (Lipinski definition) is 1. The van der Waals surface area contributed by atoms with Crippen molar-refractivity contribution in [3.8, 4) is 0 Å². The third-order valence-corrected chi connectivity index (χ3v) is 2.13. The molecule has 0 aliphatic heterocycles. The van der Waals surface area contributed by atoms with E-state index in [4.69, 9.17) is 5.73 Å². The minimum absolute atomic E-state index is 0.0226. The average molecular weight is 189 g/mol. The SMILES string of the molecule is CCC(=O)n1ncc2ccc(N)cc21. The number of fused-ring (bicyclic) bond motifs is 1. The van der Waals surface area contributed by atoms with Gasteiger partial charge in [-0.3, -0.25) is 4.79 Å². The smallest absolute Gasteiger partial charge is 0.247 e. The van der Waals surface area contributed by atoms with Gasteiger partial charge < -0.3 is 5.73 Å². The molecular weight excluding hydrogens is 178 g/mol. The highest BCUT2D eigenvalue weighted by molar-refractivity contribution is 5.91. The largest absolute Gasteiger partial charge is 0.399 e. The highest BCUT2D eigenvalue weighted by Crippen LogP contribution is 2.16. The van der Waals surface area contributed by atoms with Gasteiger partial charge in [0.15, 0.2) is 0 Å². The van der Waals surface area contributed by atoms with Crippen molar-refractivity contribution in [3.05, 3.63) is 24.4 Å². The molecule has 1 aromatic heterocycles. The van der Waals surface area contributed by atoms with Crippen molar-refractivity contribution < 1.29 is 4.79 Å². The second-order valence-electron chi connectivity index (χ2n) is 3.12. The summed E-state index contributed by atoms with van der Waals surface area (Å²) in [6.07, 6.45) is 2.11. The molecule has 0 amide bonds. The Morgan fingerprint density at radius 2 is 2.36 bits per heavy atom. The molecule has 2 N–H and O–H groups in total. The Bertz CT molecular complexity index is 487. The fourth-order valence-electron chi connectivity index (χ4n) is 1.38. The summed E-state index contributed by atoms with van der Waals surface area (Å²) in [6.45, 7) is 1.81. The first-order valence-corrected chi connectivity index (χ1v) is 4.49. The van der Waals surface area contributed by atoms with E-state index in [1.54, 1.807) is 18.3 Å². The highest BCUT2D eigenvalue weighted by Gasteiger charge is 2.07. The third kappa shape index (κ3) is 1.25. The molecule has 0 radical (unpaired) electrons. The molecular formula is C10H11N3O. The number of carbonyl (C=O) groups excluding carboxylic acids is 1. The zero-order valence-electron chi connectivity index (χ0n) is 7.90. The van der Waals surface area contributed by atoms with E-state index in [9.17, 15) is 4.79 Å². The zero-order chi connectivity index (χ0) is 10.1. The number of nitrogens with two attached hydrogens (primary N) is 1. The Labute approximate surface area is 81.3 Å². The number of aromatic nitrogens is 2. The van der Waals surface area contributed by atoms with Crippen LogP contribution in [0.3, 0.4) is 0 Å². The lowest BCUT2D eigenvalue weighted by Crippen LogP contribution is -2.10. The third-order valence-electron chi connectivity index (χ3n) is 2.13. The van der Waals surface area contributed by atoms with Crippen LogP contribution in [0, 0.1) is 0 Å². The van der Waals surface area contributed by atoms with E-state index in [1.807, 2.05) is 13.0 Å². The summed E-state index contributed by atoms with van der Waals surface area (Å²) in [6, 6.07) is 5.41. The molecule has 0 spiro atoms. The highest BCUT2D eigenvalue weighted by atomic mass is 16.2. The van der Waals surface area contributed by atoms with E-state index in [0.29, 0.717) is 12.1 Å². The normalized spacial score (nSPS) is 10.6. The van der Waals surface area contributed by atoms with Crippen molar-refractivity contribution in [2.75, 3.05) is 5.73 Å². The maximum Gasteiger partial charge on any atom is 0.247 e. The number of benzene rings is 1. The van der Waals surface area contributed by atoms with Gasteiger partial charge in [0, 0.05) is 17.5 Å². The van der Waals surface area contributed by atoms with Crippen molar-refractivity contribution in [2.45, 2.75) is 13.3 Å². The molecule has 72 valence electrons. The Morgan fingerprint density at radius 3 is 3.07 bits per heavy atom. The Morgan fingerprint density at radius 1 is 1.57 bits per heavy atom. The molecule has 2 aromatic rings. The lowest BCUT2D eigenvalue weighted by Gasteiger charge is -1.99. The molecule has 0 fully saturated rings. The quantitative estimate of drug-likeness (QED) is 0.694. The standard InChI is InChI=1S/C10H11N3O/c1-2-10(14)13-9-5-8(11)4-3-7(9)6-12-13/h3-6H,2,11H2,1H3. The van der Waals surface area contributed by atoms with E-state index in [0.717, 1.165) is 10.9 Å². The van der Waals surface area contributed by atoms with Crippen molar-refractivity contribution in [1.29, 1.82) is 0 Å². The lowest BCUT2D eigenvalue weighted by molar-refractivity contribution is 0.0899. The molecule has 1 heterocycles. The molecule has 4 nitrogen and oxygen atoms in total. The second-order valence-corrected chi connectivity index (χ2v) is 3.12. The molecule has 0 atom stereocenters. The van der Waals surface area contributed by atoms with Gasteiger partial charge >= 0.3 is 0 Å². The predicted molar refractivity (Wildman–Crippen MR) is 55.1 cm³/mol. The summed E-state index contributed by atoms with van der Waals surface area (Å²) in [5, 5.41) is 4.95. The molecule has 4 heteroatoms. The summed E-state index contributed by atoms with van der Waals surface area (Å²) in [5.74, 6) is -0.0226. The topological polar surface area (TPSA) is 60.9 Å². The predicted octanol–water partition coefficient (Wildman–Crippen LogP) is 1.67. The Balaban J connectivity index is 2.67. The van der Waals surface area contributed by atoms with E-state index < -0.39 is 0 Å². The first-order chi connectivity index (χ1) is 6.72. The van der Waals surface area contributed by atoms with Crippen LogP contribution in [0.4, 0.5) is 5.69 Å². The summed E-state index contributed by atoms with van der Waals surface area (Å²) in [4.78, 5) is 11.5. The van der Waals surface area contributed by atoms with Crippen molar-refractivity contribution in [3.63, 3.8) is 0 Å². The molecule has 0 aliphatic carbocycles. The van der Waals surface area contributed by atoms with Crippen molar-refractivity contribution in [1.82, 2.24) is 9.78 Å². The van der Waals surface area contributed by atoms with Crippen LogP contribution in [-0.2, 0) is 0 Å². The van der Waals surface area contributed by atoms with E-state index in [-0.39, 0.29) is 5.91 Å². The van der Waals surface area contributed by atoms with Gasteiger partial charge in [-0.05, 0) is 18.2 Å². The van der Waals surface area contributed by atoms with Gasteiger partial charge in [0.25, 0.3) is 0 Å². The van der Waals surface area contributed by atoms with Crippen LogP contribution >= 0.6 is 0 Å². The van der Waals surface area contributed by atoms with Crippen LogP contribution in [0.1, 0.15) is 18.1 Å². The number of anilines is 1. The maximum absolute atomic E-state index is 11.5. The van der Waals surface area contributed by atoms with Crippen LogP contribution in [0.25, 0.3) is 10.9 Å². The fraction of sp³-hybridized carbons (Fsp3) is 0.200. The van der Waals surface area contributed by atoms with Gasteiger partial charge in [-0.1, -0.05) is 6.92 Å². The van der Waals surface area contributed by atoms with Gasteiger partial charge in [-0.2, -0.15) is 5.10 Å². The lowest BCUT2D eigenvalue weighted by atomic mass is 10.2. The second kappa shape index (κ2) is 3.14. The van der Waals surface area contributed by atoms with Crippen LogP contribution in [0.5, 0.6) is 0 Å². The van der Waals surface area contributed by atoms with Crippen LogP contribution in [0.15, 0.2) is 24.4 Å². The van der Waals surface area contributed by atoms with Crippen molar-refractivity contribution >= 4 is 22.5 Å². The molecule has 14 heavy (non-hydrogen) atoms. The number of hydrogen-bond acceptors (Lipinski definition) is 3. The average Bonchev–Trinajstić information content (AvgIpc) is 2.59. The minimum atomic E-state index is -0.0226. The van der Waals surface area contributed by atoms with Crippen LogP contribution < -0.4 is 5.73 Å². The minimum Gasteiger partial charge on any atom is -0.399 e. The summed E-state index contributed by atoms with van der Waals surface area (Å²) in [7, 11) is 0. The Kier molecular flexibility index (Phi) is 1.96. The first kappa shape index (κ1) is 8.74. The first-order valence-electron chi connectivity index (χ1n) is 4.49. The molecule has 0 saturated carbocycles. The summed E-state index contributed by atoms with van der Waals surface area (Å²) >= 11 is 0. The molecule has 0 bridgehead atoms. The van der Waals surface area contributed by atoms with Crippen molar-refractivity contribution in [2.24, 2.45) is 0 Å². The van der Waals surface area contributed by atoms with E-state index in [1.165, 1.54) is 4.68 Å². The summed E-state index contributed by atoms with van der Waals surface area (Å²) < 4.78 is 1.39. The van der Waals surface area contributed by atoms with E-state index >= 15 is 0 Å². The maximum atomic E-state index is 11.5. The Hall–Kier alpha value is -1.84. The molecule has 0 saturated heterocycles. The van der Waals surface area contributed by atoms with Gasteiger partial charge in [0.1, 0.15) is 0 Å². The molecule has 0 aliphatic rings. The number of carbonyl (C=O) groups is 1. The van der Waals surface area contributed by atoms with Crippen LogP contribution in [-0.4, -0.2) is 15.7 Å². The van der Waals surface area contributed by atoms with Gasteiger partial charge in [0.2, 0.25) is 5.91 Å². The number of rotatable bonds is 1. The van der Waals surface area contributed by atoms with Gasteiger partial charge in [0.05, 0.1) is 11.7 Å². The van der Waals surface area contributed by atoms with Gasteiger partial charge in [-0.25, -0.2) is 4.68 Å². The molecule has 2 rings (SSSR count). The monoisotopic (exact) mass is 189 g/mol. The molecule has 1 aromatic carbocycles. The fourth-order valence-corrected chi connectivity index (χ4v) is 1.38. The van der Waals surface area contributed by atoms with Crippen LogP contribution in [0.2, 0.25) is 0 Å². The number of nitrogen functional groups attached to an aromatic ring is 1. The zero-order valence-corrected chi connectivity index (χ0v) is 7.90. The van der Waals surface area contributed by atoms with Gasteiger partial charge in [-0.15, -0.1) is 0 Å².